The number of aromatic carboxylic acids is 1. The highest BCUT2D eigenvalue weighted by atomic mass is 35.5. The molecule has 0 spiro atoms. The number of rotatable bonds is 3. The smallest absolute Gasteiger partial charge is 0.338 e. The molecular formula is C12H13ClFNO5S. The third-order valence-electron chi connectivity index (χ3n) is 3.13. The van der Waals surface area contributed by atoms with Crippen LogP contribution in [0.3, 0.4) is 0 Å². The molecule has 1 saturated heterocycles. The monoisotopic (exact) mass is 337 g/mol. The van der Waals surface area contributed by atoms with Crippen molar-refractivity contribution in [2.45, 2.75) is 17.9 Å². The number of carboxylic acids is 1. The Morgan fingerprint density at radius 2 is 2.19 bits per heavy atom. The number of sulfonamides is 1. The number of hydrogen-bond donors (Lipinski definition) is 1. The number of hydrogen-bond acceptors (Lipinski definition) is 4. The van der Waals surface area contributed by atoms with Gasteiger partial charge in [0, 0.05) is 17.6 Å². The minimum absolute atomic E-state index is 0.0673. The molecule has 21 heavy (non-hydrogen) atoms. The van der Waals surface area contributed by atoms with Crippen LogP contribution in [-0.2, 0) is 14.8 Å². The van der Waals surface area contributed by atoms with Crippen LogP contribution in [0.25, 0.3) is 0 Å². The lowest BCUT2D eigenvalue weighted by Gasteiger charge is -2.32. The van der Waals surface area contributed by atoms with Crippen LogP contribution in [0.2, 0.25) is 5.02 Å². The van der Waals surface area contributed by atoms with Gasteiger partial charge in [-0.1, -0.05) is 11.6 Å². The third-order valence-corrected chi connectivity index (χ3v) is 5.36. The number of morpholine rings is 1. The van der Waals surface area contributed by atoms with Crippen molar-refractivity contribution < 1.29 is 27.4 Å². The normalized spacial score (nSPS) is 20.4. The van der Waals surface area contributed by atoms with E-state index in [2.05, 4.69) is 0 Å². The Bertz CT molecular complexity index is 678. The molecule has 1 atom stereocenters. The molecule has 0 radical (unpaired) electrons. The number of ether oxygens (including phenoxy) is 1. The molecule has 1 aliphatic rings. The lowest BCUT2D eigenvalue weighted by Crippen LogP contribution is -2.47. The zero-order valence-electron chi connectivity index (χ0n) is 11.0. The molecule has 1 aromatic rings. The van der Waals surface area contributed by atoms with Crippen LogP contribution >= 0.6 is 11.6 Å². The first kappa shape index (κ1) is 16.2. The average Bonchev–Trinajstić information content (AvgIpc) is 2.40. The highest BCUT2D eigenvalue weighted by Crippen LogP contribution is 2.28. The summed E-state index contributed by atoms with van der Waals surface area (Å²) in [6, 6.07) is 1.32. The molecule has 1 aromatic carbocycles. The van der Waals surface area contributed by atoms with Crippen LogP contribution in [0.1, 0.15) is 17.3 Å². The molecule has 0 saturated carbocycles. The number of carboxylic acid groups (broad SMARTS) is 1. The minimum atomic E-state index is -4.19. The molecule has 116 valence electrons. The maximum Gasteiger partial charge on any atom is 0.338 e. The van der Waals surface area contributed by atoms with Crippen molar-refractivity contribution in [3.63, 3.8) is 0 Å². The van der Waals surface area contributed by atoms with Gasteiger partial charge >= 0.3 is 5.97 Å². The van der Waals surface area contributed by atoms with Crippen LogP contribution in [0.5, 0.6) is 0 Å². The molecule has 0 aromatic heterocycles. The summed E-state index contributed by atoms with van der Waals surface area (Å²) in [5, 5.41) is 8.76. The molecule has 9 heteroatoms. The summed E-state index contributed by atoms with van der Waals surface area (Å²) in [7, 11) is -4.19. The first-order valence-electron chi connectivity index (χ1n) is 6.07. The van der Waals surface area contributed by atoms with E-state index in [1.165, 1.54) is 0 Å². The maximum atomic E-state index is 14.2. The lowest BCUT2D eigenvalue weighted by molar-refractivity contribution is 0.0391. The fourth-order valence-corrected chi connectivity index (χ4v) is 4.10. The summed E-state index contributed by atoms with van der Waals surface area (Å²) >= 11 is 5.71. The Morgan fingerprint density at radius 1 is 1.52 bits per heavy atom. The van der Waals surface area contributed by atoms with Crippen molar-refractivity contribution in [1.29, 1.82) is 0 Å². The molecular weight excluding hydrogens is 325 g/mol. The fourth-order valence-electron chi connectivity index (χ4n) is 2.10. The topological polar surface area (TPSA) is 83.9 Å². The first-order chi connectivity index (χ1) is 9.75. The van der Waals surface area contributed by atoms with E-state index in [1.54, 1.807) is 6.92 Å². The second-order valence-electron chi connectivity index (χ2n) is 4.61. The van der Waals surface area contributed by atoms with E-state index in [9.17, 15) is 17.6 Å². The summed E-state index contributed by atoms with van der Waals surface area (Å²) in [5.74, 6) is -2.90. The van der Waals surface area contributed by atoms with Crippen LogP contribution in [0.15, 0.2) is 17.0 Å². The third kappa shape index (κ3) is 3.03. The largest absolute Gasteiger partial charge is 0.478 e. The number of halogens is 2. The Morgan fingerprint density at radius 3 is 2.76 bits per heavy atom. The van der Waals surface area contributed by atoms with Gasteiger partial charge in [-0.2, -0.15) is 4.31 Å². The van der Waals surface area contributed by atoms with Gasteiger partial charge in [0.1, 0.15) is 4.90 Å². The highest BCUT2D eigenvalue weighted by molar-refractivity contribution is 7.89. The second kappa shape index (κ2) is 5.88. The van der Waals surface area contributed by atoms with E-state index >= 15 is 0 Å². The van der Waals surface area contributed by atoms with Crippen molar-refractivity contribution in [2.75, 3.05) is 19.8 Å². The van der Waals surface area contributed by atoms with E-state index < -0.39 is 38.3 Å². The Labute approximate surface area is 126 Å². The highest BCUT2D eigenvalue weighted by Gasteiger charge is 2.35. The van der Waals surface area contributed by atoms with Crippen molar-refractivity contribution in [1.82, 2.24) is 4.31 Å². The molecule has 2 rings (SSSR count). The Hall–Kier alpha value is -1.22. The van der Waals surface area contributed by atoms with Gasteiger partial charge in [0.2, 0.25) is 10.0 Å². The summed E-state index contributed by atoms with van der Waals surface area (Å²) in [5.41, 5.74) is -0.776. The maximum absolute atomic E-state index is 14.2. The van der Waals surface area contributed by atoms with Gasteiger partial charge in [0.05, 0.1) is 18.8 Å². The van der Waals surface area contributed by atoms with Gasteiger partial charge in [-0.05, 0) is 19.1 Å². The van der Waals surface area contributed by atoms with Crippen molar-refractivity contribution in [3.8, 4) is 0 Å². The van der Waals surface area contributed by atoms with Crippen LogP contribution < -0.4 is 0 Å². The molecule has 0 amide bonds. The number of benzene rings is 1. The van der Waals surface area contributed by atoms with E-state index in [-0.39, 0.29) is 24.8 Å². The molecule has 6 nitrogen and oxygen atoms in total. The standard InChI is InChI=1S/C12H13ClFNO5S/c1-7-6-20-3-2-15(7)21(18,19)10-5-8(13)4-9(11(10)14)12(16)17/h4-5,7H,2-3,6H2,1H3,(H,16,17). The quantitative estimate of drug-likeness (QED) is 0.905. The van der Waals surface area contributed by atoms with Crippen molar-refractivity contribution >= 4 is 27.6 Å². The van der Waals surface area contributed by atoms with E-state index in [1.807, 2.05) is 0 Å². The van der Waals surface area contributed by atoms with Crippen LogP contribution in [0, 0.1) is 5.82 Å². The van der Waals surface area contributed by atoms with E-state index in [0.29, 0.717) is 0 Å². The van der Waals surface area contributed by atoms with Gasteiger partial charge in [0.15, 0.2) is 5.82 Å². The van der Waals surface area contributed by atoms with Gasteiger partial charge in [0.25, 0.3) is 0 Å². The van der Waals surface area contributed by atoms with Gasteiger partial charge in [-0.3, -0.25) is 0 Å². The second-order valence-corrected chi connectivity index (χ2v) is 6.91. The zero-order valence-corrected chi connectivity index (χ0v) is 12.6. The Balaban J connectivity index is 2.57. The average molecular weight is 338 g/mol. The summed E-state index contributed by atoms with van der Waals surface area (Å²) in [6.07, 6.45) is 0. The van der Waals surface area contributed by atoms with Crippen molar-refractivity contribution in [2.24, 2.45) is 0 Å². The van der Waals surface area contributed by atoms with Gasteiger partial charge in [-0.15, -0.1) is 0 Å². The molecule has 1 heterocycles. The van der Waals surface area contributed by atoms with E-state index in [4.69, 9.17) is 21.4 Å². The zero-order chi connectivity index (χ0) is 15.8. The lowest BCUT2D eigenvalue weighted by atomic mass is 10.2. The predicted molar refractivity (Wildman–Crippen MR) is 72.5 cm³/mol. The Kier molecular flexibility index (Phi) is 4.52. The summed E-state index contributed by atoms with van der Waals surface area (Å²) in [6.45, 7) is 2.07. The summed E-state index contributed by atoms with van der Waals surface area (Å²) < 4.78 is 45.5. The fraction of sp³-hybridized carbons (Fsp3) is 0.417. The number of nitrogens with zero attached hydrogens (tertiary/aromatic N) is 1. The predicted octanol–water partition coefficient (Wildman–Crippen LogP) is 1.59. The van der Waals surface area contributed by atoms with Crippen LogP contribution in [-0.4, -0.2) is 49.6 Å². The molecule has 1 fully saturated rings. The van der Waals surface area contributed by atoms with Crippen molar-refractivity contribution in [3.05, 3.63) is 28.5 Å². The van der Waals surface area contributed by atoms with E-state index in [0.717, 1.165) is 16.4 Å². The van der Waals surface area contributed by atoms with Gasteiger partial charge in [-0.25, -0.2) is 17.6 Å². The molecule has 0 aliphatic carbocycles. The first-order valence-corrected chi connectivity index (χ1v) is 7.89. The SMILES string of the molecule is CC1COCCN1S(=O)(=O)c1cc(Cl)cc(C(=O)O)c1F. The molecule has 1 unspecified atom stereocenters. The van der Waals surface area contributed by atoms with Crippen LogP contribution in [0.4, 0.5) is 4.39 Å². The minimum Gasteiger partial charge on any atom is -0.478 e. The van der Waals surface area contributed by atoms with Gasteiger partial charge < -0.3 is 9.84 Å². The molecule has 1 aliphatic heterocycles. The molecule has 1 N–H and O–H groups in total. The number of carbonyl (C=O) groups is 1. The summed E-state index contributed by atoms with van der Waals surface area (Å²) in [4.78, 5) is 10.2. The molecule has 0 bridgehead atoms.